The first-order valence-electron chi connectivity index (χ1n) is 8.28. The number of hydrogen-bond acceptors (Lipinski definition) is 4. The van der Waals surface area contributed by atoms with Crippen LogP contribution in [-0.2, 0) is 16.0 Å². The van der Waals surface area contributed by atoms with Gasteiger partial charge in [-0.05, 0) is 55.3 Å². The second-order valence-electron chi connectivity index (χ2n) is 5.85. The maximum Gasteiger partial charge on any atom is 0.307 e. The molecule has 0 aromatic heterocycles. The average molecular weight is 355 g/mol. The zero-order chi connectivity index (χ0) is 18.9. The van der Waals surface area contributed by atoms with Gasteiger partial charge in [0.05, 0.1) is 13.0 Å². The monoisotopic (exact) mass is 355 g/mol. The quantitative estimate of drug-likeness (QED) is 0.532. The summed E-state index contributed by atoms with van der Waals surface area (Å²) in [6, 6.07) is 13.6. The molecule has 0 aliphatic rings. The molecule has 26 heavy (non-hydrogen) atoms. The van der Waals surface area contributed by atoms with Crippen LogP contribution >= 0.6 is 0 Å². The van der Waals surface area contributed by atoms with E-state index in [0.717, 1.165) is 0 Å². The van der Waals surface area contributed by atoms with Crippen LogP contribution in [0.25, 0.3) is 0 Å². The Morgan fingerprint density at radius 3 is 2.23 bits per heavy atom. The van der Waals surface area contributed by atoms with E-state index in [1.165, 1.54) is 6.92 Å². The Labute approximate surface area is 151 Å². The molecule has 0 unspecified atom stereocenters. The van der Waals surface area contributed by atoms with Crippen molar-refractivity contribution in [1.29, 1.82) is 0 Å². The fraction of sp³-hybridized carbons (Fsp3) is 0.250. The first-order valence-corrected chi connectivity index (χ1v) is 8.28. The number of rotatable bonds is 9. The Morgan fingerprint density at radius 2 is 1.65 bits per heavy atom. The van der Waals surface area contributed by atoms with E-state index in [4.69, 9.17) is 9.84 Å². The van der Waals surface area contributed by atoms with Crippen LogP contribution < -0.4 is 10.1 Å². The van der Waals surface area contributed by atoms with Gasteiger partial charge in [0.15, 0.2) is 5.78 Å². The van der Waals surface area contributed by atoms with Gasteiger partial charge < -0.3 is 15.2 Å². The molecular weight excluding hydrogens is 334 g/mol. The minimum atomic E-state index is -0.891. The van der Waals surface area contributed by atoms with Gasteiger partial charge >= 0.3 is 5.97 Å². The second kappa shape index (κ2) is 9.36. The molecule has 6 heteroatoms. The average Bonchev–Trinajstić information content (AvgIpc) is 2.60. The lowest BCUT2D eigenvalue weighted by Crippen LogP contribution is -2.13. The van der Waals surface area contributed by atoms with Gasteiger partial charge in [0.2, 0.25) is 5.91 Å². The number of Topliss-reactive ketones (excluding diaryl/α,β-unsaturated/α-hetero) is 1. The molecule has 0 aliphatic carbocycles. The number of carboxylic acids is 1. The largest absolute Gasteiger partial charge is 0.494 e. The highest BCUT2D eigenvalue weighted by molar-refractivity contribution is 5.94. The summed E-state index contributed by atoms with van der Waals surface area (Å²) >= 11 is 0. The minimum absolute atomic E-state index is 0.00390. The van der Waals surface area contributed by atoms with E-state index in [1.807, 2.05) is 0 Å². The van der Waals surface area contributed by atoms with Gasteiger partial charge in [0.1, 0.15) is 5.75 Å². The molecule has 0 heterocycles. The number of ether oxygens (including phenoxy) is 1. The Balaban J connectivity index is 1.70. The molecule has 1 amide bonds. The van der Waals surface area contributed by atoms with Crippen molar-refractivity contribution in [3.05, 3.63) is 59.7 Å². The van der Waals surface area contributed by atoms with Gasteiger partial charge in [0, 0.05) is 17.7 Å². The molecule has 0 radical (unpaired) electrons. The molecule has 136 valence electrons. The Morgan fingerprint density at radius 1 is 1.00 bits per heavy atom. The number of aliphatic carboxylic acids is 1. The SMILES string of the molecule is CC(=O)c1ccc(OCCCC(=O)Nc2ccc(CC(=O)O)cc2)cc1. The number of carbonyl (C=O) groups is 3. The highest BCUT2D eigenvalue weighted by Gasteiger charge is 2.05. The summed E-state index contributed by atoms with van der Waals surface area (Å²) in [6.45, 7) is 1.90. The number of ketones is 1. The van der Waals surface area contributed by atoms with Crippen molar-refractivity contribution in [3.63, 3.8) is 0 Å². The number of anilines is 1. The summed E-state index contributed by atoms with van der Waals surface area (Å²) in [5.74, 6) is -0.363. The summed E-state index contributed by atoms with van der Waals surface area (Å²) in [6.07, 6.45) is 0.818. The van der Waals surface area contributed by atoms with Crippen LogP contribution in [0.4, 0.5) is 5.69 Å². The normalized spacial score (nSPS) is 10.2. The topological polar surface area (TPSA) is 92.7 Å². The lowest BCUT2D eigenvalue weighted by molar-refractivity contribution is -0.136. The predicted octanol–water partition coefficient (Wildman–Crippen LogP) is 3.31. The van der Waals surface area contributed by atoms with Crippen LogP contribution in [0, 0.1) is 0 Å². The highest BCUT2D eigenvalue weighted by Crippen LogP contribution is 2.14. The van der Waals surface area contributed by atoms with Gasteiger partial charge in [-0.1, -0.05) is 12.1 Å². The fourth-order valence-corrected chi connectivity index (χ4v) is 2.31. The Bertz CT molecular complexity index is 766. The first-order chi connectivity index (χ1) is 12.4. The van der Waals surface area contributed by atoms with Crippen molar-refractivity contribution >= 4 is 23.3 Å². The van der Waals surface area contributed by atoms with Crippen molar-refractivity contribution in [1.82, 2.24) is 0 Å². The van der Waals surface area contributed by atoms with Gasteiger partial charge in [-0.15, -0.1) is 0 Å². The molecular formula is C20H21NO5. The van der Waals surface area contributed by atoms with Gasteiger partial charge in [-0.2, -0.15) is 0 Å². The highest BCUT2D eigenvalue weighted by atomic mass is 16.5. The van der Waals surface area contributed by atoms with E-state index in [9.17, 15) is 14.4 Å². The van der Waals surface area contributed by atoms with Crippen molar-refractivity contribution < 1.29 is 24.2 Å². The molecule has 0 saturated carbocycles. The second-order valence-corrected chi connectivity index (χ2v) is 5.85. The summed E-state index contributed by atoms with van der Waals surface area (Å²) in [4.78, 5) is 33.7. The van der Waals surface area contributed by atoms with Crippen LogP contribution in [0.1, 0.15) is 35.7 Å². The molecule has 2 aromatic rings. The number of nitrogens with one attached hydrogen (secondary N) is 1. The first kappa shape index (κ1) is 19.2. The molecule has 0 aliphatic heterocycles. The molecule has 2 N–H and O–H groups in total. The van der Waals surface area contributed by atoms with E-state index in [-0.39, 0.29) is 18.1 Å². The van der Waals surface area contributed by atoms with Crippen molar-refractivity contribution in [2.24, 2.45) is 0 Å². The standard InChI is InChI=1S/C20H21NO5/c1-14(22)16-6-10-18(11-7-16)26-12-2-3-19(23)21-17-8-4-15(5-9-17)13-20(24)25/h4-11H,2-3,12-13H2,1H3,(H,21,23)(H,24,25). The maximum absolute atomic E-state index is 11.9. The summed E-state index contributed by atoms with van der Waals surface area (Å²) in [5.41, 5.74) is 1.94. The van der Waals surface area contributed by atoms with Crippen LogP contribution in [0.5, 0.6) is 5.75 Å². The number of hydrogen-bond donors (Lipinski definition) is 2. The third-order valence-electron chi connectivity index (χ3n) is 3.67. The molecule has 0 atom stereocenters. The van der Waals surface area contributed by atoms with Gasteiger partial charge in [-0.25, -0.2) is 0 Å². The van der Waals surface area contributed by atoms with Crippen LogP contribution in [-0.4, -0.2) is 29.4 Å². The number of amides is 1. The molecule has 0 saturated heterocycles. The molecule has 6 nitrogen and oxygen atoms in total. The predicted molar refractivity (Wildman–Crippen MR) is 97.6 cm³/mol. The Hall–Kier alpha value is -3.15. The van der Waals surface area contributed by atoms with Crippen LogP contribution in [0.2, 0.25) is 0 Å². The molecule has 0 bridgehead atoms. The van der Waals surface area contributed by atoms with E-state index < -0.39 is 5.97 Å². The fourth-order valence-electron chi connectivity index (χ4n) is 2.31. The van der Waals surface area contributed by atoms with Crippen molar-refractivity contribution in [2.45, 2.75) is 26.2 Å². The third-order valence-corrected chi connectivity index (χ3v) is 3.67. The van der Waals surface area contributed by atoms with Crippen molar-refractivity contribution in [3.8, 4) is 5.75 Å². The third kappa shape index (κ3) is 6.39. The number of carbonyl (C=O) groups excluding carboxylic acids is 2. The van der Waals surface area contributed by atoms with Crippen LogP contribution in [0.15, 0.2) is 48.5 Å². The number of benzene rings is 2. The van der Waals surface area contributed by atoms with Crippen molar-refractivity contribution in [2.75, 3.05) is 11.9 Å². The molecule has 0 spiro atoms. The van der Waals surface area contributed by atoms with E-state index in [1.54, 1.807) is 48.5 Å². The maximum atomic E-state index is 11.9. The summed E-state index contributed by atoms with van der Waals surface area (Å²) < 4.78 is 5.55. The zero-order valence-electron chi connectivity index (χ0n) is 14.5. The van der Waals surface area contributed by atoms with Crippen LogP contribution in [0.3, 0.4) is 0 Å². The summed E-state index contributed by atoms with van der Waals surface area (Å²) in [7, 11) is 0. The van der Waals surface area contributed by atoms with Gasteiger partial charge in [-0.3, -0.25) is 14.4 Å². The van der Waals surface area contributed by atoms with E-state index >= 15 is 0 Å². The lowest BCUT2D eigenvalue weighted by Gasteiger charge is -2.08. The Kier molecular flexibility index (Phi) is 6.91. The number of carboxylic acid groups (broad SMARTS) is 1. The van der Waals surface area contributed by atoms with E-state index in [0.29, 0.717) is 42.0 Å². The van der Waals surface area contributed by atoms with E-state index in [2.05, 4.69) is 5.32 Å². The lowest BCUT2D eigenvalue weighted by atomic mass is 10.1. The molecule has 2 rings (SSSR count). The smallest absolute Gasteiger partial charge is 0.307 e. The minimum Gasteiger partial charge on any atom is -0.494 e. The molecule has 2 aromatic carbocycles. The molecule has 0 fully saturated rings. The van der Waals surface area contributed by atoms with Gasteiger partial charge in [0.25, 0.3) is 0 Å². The zero-order valence-corrected chi connectivity index (χ0v) is 14.5. The summed E-state index contributed by atoms with van der Waals surface area (Å²) in [5, 5.41) is 11.5.